The average molecular weight is 463 g/mol. The molecule has 2 heterocycles. The lowest BCUT2D eigenvalue weighted by molar-refractivity contribution is 0.0754. The van der Waals surface area contributed by atoms with E-state index in [9.17, 15) is 9.59 Å². The van der Waals surface area contributed by atoms with E-state index in [1.807, 2.05) is 66.9 Å². The van der Waals surface area contributed by atoms with E-state index >= 15 is 0 Å². The molecule has 0 unspecified atom stereocenters. The second kappa shape index (κ2) is 9.92. The Balaban J connectivity index is 1.58. The van der Waals surface area contributed by atoms with Gasteiger partial charge in [0.15, 0.2) is 11.5 Å². The highest BCUT2D eigenvalue weighted by atomic mass is 32.1. The minimum Gasteiger partial charge on any atom is -0.493 e. The van der Waals surface area contributed by atoms with Crippen LogP contribution in [0.3, 0.4) is 0 Å². The second-order valence-electron chi connectivity index (χ2n) is 7.64. The Morgan fingerprint density at radius 2 is 1.88 bits per heavy atom. The molecule has 170 valence electrons. The van der Waals surface area contributed by atoms with Gasteiger partial charge in [-0.1, -0.05) is 30.3 Å². The summed E-state index contributed by atoms with van der Waals surface area (Å²) in [6, 6.07) is 18.6. The van der Waals surface area contributed by atoms with E-state index in [1.165, 1.54) is 6.07 Å². The Hall–Kier alpha value is -3.58. The Morgan fingerprint density at radius 1 is 1.06 bits per heavy atom. The fraction of sp³-hybridized carbons (Fsp3) is 0.231. The molecule has 0 aliphatic rings. The van der Waals surface area contributed by atoms with Crippen LogP contribution in [-0.2, 0) is 20.2 Å². The summed E-state index contributed by atoms with van der Waals surface area (Å²) in [5.74, 6) is 1.09. The van der Waals surface area contributed by atoms with Crippen LogP contribution >= 0.6 is 11.3 Å². The number of carbonyl (C=O) groups is 1. The van der Waals surface area contributed by atoms with Gasteiger partial charge in [0.1, 0.15) is 6.61 Å². The third kappa shape index (κ3) is 4.78. The minimum absolute atomic E-state index is 0.177. The van der Waals surface area contributed by atoms with Crippen molar-refractivity contribution in [3.63, 3.8) is 0 Å². The largest absolute Gasteiger partial charge is 0.493 e. The number of thiophene rings is 1. The third-order valence-electron chi connectivity index (χ3n) is 5.60. The predicted octanol–water partition coefficient (Wildman–Crippen LogP) is 4.85. The maximum Gasteiger partial charge on any atom is 0.255 e. The molecule has 0 fully saturated rings. The Labute approximate surface area is 196 Å². The highest BCUT2D eigenvalue weighted by Crippen LogP contribution is 2.30. The quantitative estimate of drug-likeness (QED) is 0.376. The zero-order valence-corrected chi connectivity index (χ0v) is 19.7. The van der Waals surface area contributed by atoms with Crippen molar-refractivity contribution >= 4 is 28.1 Å². The number of ether oxygens (including phenoxy) is 2. The maximum atomic E-state index is 13.4. The first-order valence-corrected chi connectivity index (χ1v) is 11.6. The number of hydrogen-bond acceptors (Lipinski definition) is 5. The van der Waals surface area contributed by atoms with Gasteiger partial charge >= 0.3 is 0 Å². The minimum atomic E-state index is -0.206. The van der Waals surface area contributed by atoms with Crippen molar-refractivity contribution in [3.05, 3.63) is 92.4 Å². The molecule has 0 aliphatic carbocycles. The van der Waals surface area contributed by atoms with Gasteiger partial charge in [-0.05, 0) is 42.1 Å². The molecule has 0 N–H and O–H groups in total. The van der Waals surface area contributed by atoms with Crippen LogP contribution in [0.1, 0.15) is 27.7 Å². The molecule has 0 atom stereocenters. The molecule has 2 aromatic heterocycles. The van der Waals surface area contributed by atoms with Crippen molar-refractivity contribution in [2.24, 2.45) is 7.05 Å². The van der Waals surface area contributed by atoms with Gasteiger partial charge in [-0.15, -0.1) is 11.3 Å². The van der Waals surface area contributed by atoms with Crippen molar-refractivity contribution in [3.8, 4) is 11.5 Å². The topological polar surface area (TPSA) is 60.8 Å². The first-order valence-electron chi connectivity index (χ1n) is 10.7. The smallest absolute Gasteiger partial charge is 0.255 e. The SMILES string of the molecule is CCN(Cc1ccc(OCc2cccs2)c(OC)c1)C(=O)c1cc(=O)n(C)c2ccccc12. The average Bonchev–Trinajstić information content (AvgIpc) is 3.37. The molecule has 0 saturated carbocycles. The van der Waals surface area contributed by atoms with Crippen molar-refractivity contribution < 1.29 is 14.3 Å². The van der Waals surface area contributed by atoms with Gasteiger partial charge in [0.25, 0.3) is 11.5 Å². The van der Waals surface area contributed by atoms with Gasteiger partial charge in [-0.3, -0.25) is 9.59 Å². The van der Waals surface area contributed by atoms with E-state index in [0.717, 1.165) is 21.3 Å². The van der Waals surface area contributed by atoms with Crippen LogP contribution < -0.4 is 15.0 Å². The van der Waals surface area contributed by atoms with Crippen LogP contribution in [-0.4, -0.2) is 29.0 Å². The number of amides is 1. The molecule has 7 heteroatoms. The molecule has 6 nitrogen and oxygen atoms in total. The number of para-hydroxylation sites is 1. The molecule has 4 aromatic rings. The summed E-state index contributed by atoms with van der Waals surface area (Å²) >= 11 is 1.64. The predicted molar refractivity (Wildman–Crippen MR) is 131 cm³/mol. The number of nitrogens with zero attached hydrogens (tertiary/aromatic N) is 2. The Kier molecular flexibility index (Phi) is 6.79. The third-order valence-corrected chi connectivity index (χ3v) is 6.45. The lowest BCUT2D eigenvalue weighted by atomic mass is 10.1. The van der Waals surface area contributed by atoms with Crippen LogP contribution in [0.25, 0.3) is 10.9 Å². The molecule has 0 saturated heterocycles. The first-order chi connectivity index (χ1) is 16.0. The number of hydrogen-bond donors (Lipinski definition) is 0. The number of methoxy groups -OCH3 is 1. The van der Waals surface area contributed by atoms with Crippen molar-refractivity contribution in [1.29, 1.82) is 0 Å². The number of rotatable bonds is 8. The van der Waals surface area contributed by atoms with Crippen LogP contribution in [0.4, 0.5) is 0 Å². The first kappa shape index (κ1) is 22.6. The van der Waals surface area contributed by atoms with Gasteiger partial charge in [-0.25, -0.2) is 0 Å². The van der Waals surface area contributed by atoms with E-state index in [4.69, 9.17) is 9.47 Å². The fourth-order valence-corrected chi connectivity index (χ4v) is 4.39. The molecule has 4 rings (SSSR count). The number of carbonyl (C=O) groups excluding carboxylic acids is 1. The summed E-state index contributed by atoms with van der Waals surface area (Å²) in [4.78, 5) is 28.7. The summed E-state index contributed by atoms with van der Waals surface area (Å²) in [5.41, 5.74) is 1.86. The highest BCUT2D eigenvalue weighted by Gasteiger charge is 2.20. The van der Waals surface area contributed by atoms with E-state index in [0.29, 0.717) is 36.8 Å². The molecule has 33 heavy (non-hydrogen) atoms. The van der Waals surface area contributed by atoms with Crippen LogP contribution in [0, 0.1) is 0 Å². The molecule has 0 spiro atoms. The van der Waals surface area contributed by atoms with Gasteiger partial charge < -0.3 is 18.9 Å². The summed E-state index contributed by atoms with van der Waals surface area (Å²) < 4.78 is 13.0. The van der Waals surface area contributed by atoms with Crippen LogP contribution in [0.15, 0.2) is 70.8 Å². The Bertz CT molecular complexity index is 1330. The van der Waals surface area contributed by atoms with Gasteiger partial charge in [0.05, 0.1) is 18.2 Å². The van der Waals surface area contributed by atoms with Crippen molar-refractivity contribution in [1.82, 2.24) is 9.47 Å². The molecular weight excluding hydrogens is 436 g/mol. The summed E-state index contributed by atoms with van der Waals surface area (Å²) in [6.07, 6.45) is 0. The number of aryl methyl sites for hydroxylation is 1. The van der Waals surface area contributed by atoms with Gasteiger partial charge in [-0.2, -0.15) is 0 Å². The summed E-state index contributed by atoms with van der Waals surface area (Å²) in [7, 11) is 3.32. The monoisotopic (exact) mass is 462 g/mol. The van der Waals surface area contributed by atoms with E-state index in [-0.39, 0.29) is 11.5 Å². The van der Waals surface area contributed by atoms with Crippen molar-refractivity contribution in [2.45, 2.75) is 20.1 Å². The lowest BCUT2D eigenvalue weighted by Crippen LogP contribution is -2.32. The summed E-state index contributed by atoms with van der Waals surface area (Å²) in [5, 5.41) is 2.78. The zero-order chi connectivity index (χ0) is 23.4. The molecule has 0 radical (unpaired) electrons. The van der Waals surface area contributed by atoms with E-state index in [1.54, 1.807) is 35.0 Å². The van der Waals surface area contributed by atoms with E-state index < -0.39 is 0 Å². The maximum absolute atomic E-state index is 13.4. The zero-order valence-electron chi connectivity index (χ0n) is 18.9. The second-order valence-corrected chi connectivity index (χ2v) is 8.68. The lowest BCUT2D eigenvalue weighted by Gasteiger charge is -2.23. The standard InChI is InChI=1S/C26H26N2O4S/c1-4-28(26(30)21-15-25(29)27(2)22-10-6-5-9-20(21)22)16-18-11-12-23(24(14-18)31-3)32-17-19-8-7-13-33-19/h5-15H,4,16-17H2,1-3H3. The molecule has 0 aliphatic heterocycles. The number of pyridine rings is 1. The van der Waals surface area contributed by atoms with Crippen LogP contribution in [0.5, 0.6) is 11.5 Å². The normalized spacial score (nSPS) is 10.9. The number of fused-ring (bicyclic) bond motifs is 1. The van der Waals surface area contributed by atoms with E-state index in [2.05, 4.69) is 0 Å². The van der Waals surface area contributed by atoms with Gasteiger partial charge in [0, 0.05) is 36.5 Å². The summed E-state index contributed by atoms with van der Waals surface area (Å²) in [6.45, 7) is 3.29. The molecule has 2 aromatic carbocycles. The number of aromatic nitrogens is 1. The Morgan fingerprint density at radius 3 is 2.61 bits per heavy atom. The van der Waals surface area contributed by atoms with Crippen LogP contribution in [0.2, 0.25) is 0 Å². The molecule has 0 bridgehead atoms. The van der Waals surface area contributed by atoms with Gasteiger partial charge in [0.2, 0.25) is 0 Å². The molecular formula is C26H26N2O4S. The highest BCUT2D eigenvalue weighted by molar-refractivity contribution is 7.09. The number of benzene rings is 2. The molecule has 1 amide bonds. The van der Waals surface area contributed by atoms with Crippen molar-refractivity contribution in [2.75, 3.05) is 13.7 Å². The fourth-order valence-electron chi connectivity index (χ4n) is 3.78.